The molecule has 4 aromatic rings. The number of hydrogen-bond donors (Lipinski definition) is 0. The van der Waals surface area contributed by atoms with Crippen LogP contribution < -0.4 is 4.74 Å². The van der Waals surface area contributed by atoms with E-state index >= 15 is 0 Å². The molecule has 178 valence electrons. The van der Waals surface area contributed by atoms with Gasteiger partial charge >= 0.3 is 0 Å². The van der Waals surface area contributed by atoms with Crippen molar-refractivity contribution >= 4 is 23.8 Å². The van der Waals surface area contributed by atoms with Crippen molar-refractivity contribution in [1.82, 2.24) is 29.0 Å². The van der Waals surface area contributed by atoms with Crippen molar-refractivity contribution in [2.45, 2.75) is 33.6 Å². The summed E-state index contributed by atoms with van der Waals surface area (Å²) in [6, 6.07) is 15.7. The third kappa shape index (κ3) is 4.80. The highest BCUT2D eigenvalue weighted by Gasteiger charge is 2.17. The van der Waals surface area contributed by atoms with Crippen LogP contribution in [0.5, 0.6) is 5.75 Å². The van der Waals surface area contributed by atoms with Crippen molar-refractivity contribution < 1.29 is 4.74 Å². The predicted octanol–water partition coefficient (Wildman–Crippen LogP) is 5.23. The number of aryl methyl sites for hydroxylation is 1. The van der Waals surface area contributed by atoms with Gasteiger partial charge in [0.1, 0.15) is 5.75 Å². The lowest BCUT2D eigenvalue weighted by molar-refractivity contribution is 0.243. The van der Waals surface area contributed by atoms with Crippen LogP contribution in [-0.4, -0.2) is 43.2 Å². The van der Waals surface area contributed by atoms with Crippen LogP contribution in [0.4, 0.5) is 0 Å². The molecule has 0 N–H and O–H groups in total. The second-order valence-corrected chi connectivity index (χ2v) is 9.19. The maximum absolute atomic E-state index is 6.36. The minimum atomic E-state index is 0.552. The third-order valence-electron chi connectivity index (χ3n) is 6.00. The lowest BCUT2D eigenvalue weighted by Gasteiger charge is -2.17. The molecule has 2 heterocycles. The number of ether oxygens (including phenoxy) is 1. The molecule has 0 aliphatic rings. The number of hydrogen-bond acceptors (Lipinski definition) is 5. The Morgan fingerprint density at radius 3 is 2.47 bits per heavy atom. The maximum Gasteiger partial charge on any atom is 0.199 e. The van der Waals surface area contributed by atoms with Crippen molar-refractivity contribution in [1.29, 1.82) is 0 Å². The number of rotatable bonds is 8. The van der Waals surface area contributed by atoms with Gasteiger partial charge in [-0.2, -0.15) is 10.2 Å². The van der Waals surface area contributed by atoms with E-state index in [2.05, 4.69) is 18.9 Å². The van der Waals surface area contributed by atoms with E-state index in [1.807, 2.05) is 76.4 Å². The van der Waals surface area contributed by atoms with Gasteiger partial charge in [0, 0.05) is 29.9 Å². The molecule has 0 spiro atoms. The standard InChI is InChI=1S/C25H29ClN6OS/c1-17-21(18(2)31(27-17)14-19-10-6-8-12-22(19)26)15-29(3)16-32-25(34)30(4)24(28-32)20-11-7-9-13-23(20)33-5/h6-13H,14-16H2,1-5H3. The Morgan fingerprint density at radius 1 is 1.03 bits per heavy atom. The van der Waals surface area contributed by atoms with E-state index < -0.39 is 0 Å². The maximum atomic E-state index is 6.36. The Bertz CT molecular complexity index is 1370. The van der Waals surface area contributed by atoms with Crippen LogP contribution in [-0.2, 0) is 26.8 Å². The molecule has 0 atom stereocenters. The molecule has 0 amide bonds. The zero-order valence-corrected chi connectivity index (χ0v) is 21.7. The first-order valence-electron chi connectivity index (χ1n) is 11.0. The summed E-state index contributed by atoms with van der Waals surface area (Å²) >= 11 is 12.0. The summed E-state index contributed by atoms with van der Waals surface area (Å²) < 4.78 is 11.9. The van der Waals surface area contributed by atoms with Crippen LogP contribution in [0.3, 0.4) is 0 Å². The molecule has 0 radical (unpaired) electrons. The molecule has 0 saturated heterocycles. The van der Waals surface area contributed by atoms with Gasteiger partial charge in [0.2, 0.25) is 0 Å². The third-order valence-corrected chi connectivity index (χ3v) is 6.85. The van der Waals surface area contributed by atoms with Gasteiger partial charge in [0.05, 0.1) is 31.6 Å². The average Bonchev–Trinajstić information content (AvgIpc) is 3.25. The van der Waals surface area contributed by atoms with Crippen LogP contribution in [0.2, 0.25) is 5.02 Å². The van der Waals surface area contributed by atoms with Gasteiger partial charge in [-0.1, -0.05) is 41.9 Å². The Kier molecular flexibility index (Phi) is 7.21. The molecule has 0 aliphatic heterocycles. The summed E-state index contributed by atoms with van der Waals surface area (Å²) in [5.74, 6) is 1.54. The number of benzene rings is 2. The zero-order valence-electron chi connectivity index (χ0n) is 20.1. The first kappa shape index (κ1) is 24.2. The number of aromatic nitrogens is 5. The van der Waals surface area contributed by atoms with Gasteiger partial charge < -0.3 is 9.30 Å². The van der Waals surface area contributed by atoms with E-state index in [9.17, 15) is 0 Å². The monoisotopic (exact) mass is 496 g/mol. The summed E-state index contributed by atoms with van der Waals surface area (Å²) in [6.07, 6.45) is 0. The molecule has 0 unspecified atom stereocenters. The SMILES string of the molecule is COc1ccccc1-c1nn(CN(C)Cc2c(C)nn(Cc3ccccc3Cl)c2C)c(=S)n1C. The van der Waals surface area contributed by atoms with E-state index in [0.29, 0.717) is 18.0 Å². The smallest absolute Gasteiger partial charge is 0.199 e. The topological polar surface area (TPSA) is 53.0 Å². The number of nitrogens with zero attached hydrogens (tertiary/aromatic N) is 6. The van der Waals surface area contributed by atoms with Crippen molar-refractivity contribution in [2.24, 2.45) is 7.05 Å². The van der Waals surface area contributed by atoms with Crippen molar-refractivity contribution in [3.05, 3.63) is 80.8 Å². The highest BCUT2D eigenvalue weighted by Crippen LogP contribution is 2.28. The van der Waals surface area contributed by atoms with Gasteiger partial charge in [-0.25, -0.2) is 4.68 Å². The fourth-order valence-electron chi connectivity index (χ4n) is 4.10. The number of methoxy groups -OCH3 is 1. The highest BCUT2D eigenvalue weighted by atomic mass is 35.5. The molecule has 2 aromatic carbocycles. The molecular weight excluding hydrogens is 468 g/mol. The summed E-state index contributed by atoms with van der Waals surface area (Å²) in [7, 11) is 5.65. The van der Waals surface area contributed by atoms with Gasteiger partial charge in [0.25, 0.3) is 0 Å². The average molecular weight is 497 g/mol. The van der Waals surface area contributed by atoms with Crippen LogP contribution in [0.25, 0.3) is 11.4 Å². The first-order chi connectivity index (χ1) is 16.3. The summed E-state index contributed by atoms with van der Waals surface area (Å²) in [5.41, 5.74) is 5.30. The van der Waals surface area contributed by atoms with E-state index in [0.717, 1.165) is 45.7 Å². The molecule has 0 aliphatic carbocycles. The molecule has 0 bridgehead atoms. The zero-order chi connectivity index (χ0) is 24.4. The van der Waals surface area contributed by atoms with Gasteiger partial charge in [-0.05, 0) is 56.9 Å². The van der Waals surface area contributed by atoms with E-state index in [1.54, 1.807) is 7.11 Å². The van der Waals surface area contributed by atoms with Crippen LogP contribution >= 0.6 is 23.8 Å². The Morgan fingerprint density at radius 2 is 1.74 bits per heavy atom. The fourth-order valence-corrected chi connectivity index (χ4v) is 4.48. The Hall–Kier alpha value is -2.94. The Labute approximate surface area is 210 Å². The molecule has 0 fully saturated rings. The molecular formula is C25H29ClN6OS. The quantitative estimate of drug-likeness (QED) is 0.312. The van der Waals surface area contributed by atoms with E-state index in [1.165, 1.54) is 5.56 Å². The minimum Gasteiger partial charge on any atom is -0.496 e. The van der Waals surface area contributed by atoms with Gasteiger partial charge in [-0.3, -0.25) is 9.58 Å². The number of halogens is 1. The van der Waals surface area contributed by atoms with Crippen LogP contribution in [0.15, 0.2) is 48.5 Å². The summed E-state index contributed by atoms with van der Waals surface area (Å²) in [6.45, 7) is 6.07. The van der Waals surface area contributed by atoms with Crippen molar-refractivity contribution in [3.63, 3.8) is 0 Å². The molecule has 2 aromatic heterocycles. The second-order valence-electron chi connectivity index (χ2n) is 8.42. The molecule has 0 saturated carbocycles. The lowest BCUT2D eigenvalue weighted by Crippen LogP contribution is -2.23. The lowest BCUT2D eigenvalue weighted by atomic mass is 10.2. The molecule has 9 heteroatoms. The van der Waals surface area contributed by atoms with E-state index in [-0.39, 0.29) is 0 Å². The van der Waals surface area contributed by atoms with Crippen LogP contribution in [0, 0.1) is 18.6 Å². The minimum absolute atomic E-state index is 0.552. The van der Waals surface area contributed by atoms with Crippen molar-refractivity contribution in [3.8, 4) is 17.1 Å². The summed E-state index contributed by atoms with van der Waals surface area (Å²) in [4.78, 5) is 2.19. The van der Waals surface area contributed by atoms with E-state index in [4.69, 9.17) is 38.8 Å². The molecule has 4 rings (SSSR count). The van der Waals surface area contributed by atoms with Gasteiger partial charge in [0.15, 0.2) is 10.6 Å². The second kappa shape index (κ2) is 10.1. The largest absolute Gasteiger partial charge is 0.496 e. The first-order valence-corrected chi connectivity index (χ1v) is 11.8. The molecule has 34 heavy (non-hydrogen) atoms. The summed E-state index contributed by atoms with van der Waals surface area (Å²) in [5, 5.41) is 10.3. The normalized spacial score (nSPS) is 11.4. The van der Waals surface area contributed by atoms with Crippen molar-refractivity contribution in [2.75, 3.05) is 14.2 Å². The van der Waals surface area contributed by atoms with Gasteiger partial charge in [-0.15, -0.1) is 0 Å². The fraction of sp³-hybridized carbons (Fsp3) is 0.320. The highest BCUT2D eigenvalue weighted by molar-refractivity contribution is 7.71. The van der Waals surface area contributed by atoms with Crippen LogP contribution in [0.1, 0.15) is 22.5 Å². The number of para-hydroxylation sites is 1. The predicted molar refractivity (Wildman–Crippen MR) is 138 cm³/mol. The Balaban J connectivity index is 1.54. The molecule has 7 nitrogen and oxygen atoms in total.